The molecule has 0 aromatic heterocycles. The molecule has 0 aromatic rings. The number of nitrogens with one attached hydrogen (secondary N) is 1. The highest BCUT2D eigenvalue weighted by Crippen LogP contribution is 2.60. The summed E-state index contributed by atoms with van der Waals surface area (Å²) in [6.45, 7) is 7.52. The van der Waals surface area contributed by atoms with Crippen LogP contribution in [0.25, 0.3) is 0 Å². The Bertz CT molecular complexity index is 303. The minimum Gasteiger partial charge on any atom is -0.314 e. The minimum atomic E-state index is 0.736. The van der Waals surface area contributed by atoms with Crippen molar-refractivity contribution in [1.82, 2.24) is 10.2 Å². The van der Waals surface area contributed by atoms with Crippen LogP contribution in [0, 0.1) is 23.2 Å². The average molecular weight is 262 g/mol. The zero-order chi connectivity index (χ0) is 12.9. The second-order valence-electron chi connectivity index (χ2n) is 8.15. The highest BCUT2D eigenvalue weighted by atomic mass is 15.2. The SMILES string of the molecule is CCC1CNCCN1CC12CC3CC(CC(C3)C1)C2. The summed E-state index contributed by atoms with van der Waals surface area (Å²) in [5.74, 6) is 3.32. The molecule has 108 valence electrons. The van der Waals surface area contributed by atoms with E-state index in [-0.39, 0.29) is 0 Å². The van der Waals surface area contributed by atoms with Crippen LogP contribution >= 0.6 is 0 Å². The van der Waals surface area contributed by atoms with Gasteiger partial charge in [0.2, 0.25) is 0 Å². The van der Waals surface area contributed by atoms with Crippen LogP contribution in [0.1, 0.15) is 51.9 Å². The summed E-state index contributed by atoms with van der Waals surface area (Å²) < 4.78 is 0. The highest BCUT2D eigenvalue weighted by molar-refractivity contribution is 5.03. The van der Waals surface area contributed by atoms with Gasteiger partial charge in [-0.1, -0.05) is 6.92 Å². The van der Waals surface area contributed by atoms with Gasteiger partial charge in [0.15, 0.2) is 0 Å². The quantitative estimate of drug-likeness (QED) is 0.841. The Kier molecular flexibility index (Phi) is 3.15. The maximum absolute atomic E-state index is 3.58. The van der Waals surface area contributed by atoms with Crippen molar-refractivity contribution in [3.05, 3.63) is 0 Å². The van der Waals surface area contributed by atoms with Gasteiger partial charge in [0.25, 0.3) is 0 Å². The molecule has 1 atom stereocenters. The lowest BCUT2D eigenvalue weighted by Gasteiger charge is -2.58. The third-order valence-corrected chi connectivity index (χ3v) is 6.65. The molecule has 5 fully saturated rings. The molecule has 1 heterocycles. The summed E-state index contributed by atoms with van der Waals surface area (Å²) in [5, 5.41) is 3.58. The Hall–Kier alpha value is -0.0800. The fourth-order valence-corrected chi connectivity index (χ4v) is 6.33. The van der Waals surface area contributed by atoms with E-state index in [9.17, 15) is 0 Å². The van der Waals surface area contributed by atoms with Crippen LogP contribution in [-0.4, -0.2) is 37.1 Å². The Labute approximate surface area is 118 Å². The number of piperazine rings is 1. The van der Waals surface area contributed by atoms with Gasteiger partial charge in [-0.3, -0.25) is 4.90 Å². The molecule has 5 aliphatic rings. The summed E-state index contributed by atoms with van der Waals surface area (Å²) in [7, 11) is 0. The van der Waals surface area contributed by atoms with Crippen LogP contribution in [0.2, 0.25) is 0 Å². The van der Waals surface area contributed by atoms with Gasteiger partial charge in [-0.25, -0.2) is 0 Å². The van der Waals surface area contributed by atoms with Gasteiger partial charge in [0, 0.05) is 32.2 Å². The van der Waals surface area contributed by atoms with Crippen LogP contribution < -0.4 is 5.32 Å². The topological polar surface area (TPSA) is 15.3 Å². The molecule has 1 saturated heterocycles. The van der Waals surface area contributed by atoms with Gasteiger partial charge in [0.05, 0.1) is 0 Å². The average Bonchev–Trinajstić information content (AvgIpc) is 2.37. The molecule has 1 N–H and O–H groups in total. The summed E-state index contributed by atoms with van der Waals surface area (Å²) in [6, 6.07) is 0.807. The molecule has 2 heteroatoms. The van der Waals surface area contributed by atoms with E-state index in [1.54, 1.807) is 38.5 Å². The van der Waals surface area contributed by atoms with Crippen molar-refractivity contribution >= 4 is 0 Å². The van der Waals surface area contributed by atoms with Crippen molar-refractivity contribution < 1.29 is 0 Å². The highest BCUT2D eigenvalue weighted by Gasteiger charge is 2.51. The van der Waals surface area contributed by atoms with Crippen LogP contribution in [-0.2, 0) is 0 Å². The van der Waals surface area contributed by atoms with Crippen molar-refractivity contribution in [1.29, 1.82) is 0 Å². The van der Waals surface area contributed by atoms with Gasteiger partial charge < -0.3 is 5.32 Å². The predicted molar refractivity (Wildman–Crippen MR) is 79.1 cm³/mol. The largest absolute Gasteiger partial charge is 0.314 e. The summed E-state index contributed by atoms with van der Waals surface area (Å²) in [5.41, 5.74) is 0.736. The van der Waals surface area contributed by atoms with E-state index in [2.05, 4.69) is 17.1 Å². The van der Waals surface area contributed by atoms with E-state index in [1.165, 1.54) is 32.6 Å². The Balaban J connectivity index is 1.49. The smallest absolute Gasteiger partial charge is 0.0218 e. The van der Waals surface area contributed by atoms with Crippen LogP contribution in [0.3, 0.4) is 0 Å². The van der Waals surface area contributed by atoms with Gasteiger partial charge in [-0.05, 0) is 68.1 Å². The standard InChI is InChI=1S/C17H30N2/c1-2-16-11-18-3-4-19(16)12-17-8-13-5-14(9-17)7-15(6-13)10-17/h13-16,18H,2-12H2,1H3. The van der Waals surface area contributed by atoms with Crippen molar-refractivity contribution in [3.63, 3.8) is 0 Å². The van der Waals surface area contributed by atoms with E-state index >= 15 is 0 Å². The molecular formula is C17H30N2. The van der Waals surface area contributed by atoms with E-state index in [4.69, 9.17) is 0 Å². The Morgan fingerprint density at radius 1 is 1.05 bits per heavy atom. The third kappa shape index (κ3) is 2.25. The van der Waals surface area contributed by atoms with Crippen LogP contribution in [0.5, 0.6) is 0 Å². The lowest BCUT2D eigenvalue weighted by molar-refractivity contribution is -0.0766. The molecule has 4 aliphatic carbocycles. The van der Waals surface area contributed by atoms with E-state index in [0.29, 0.717) is 0 Å². The monoisotopic (exact) mass is 262 g/mol. The first kappa shape index (κ1) is 12.6. The zero-order valence-electron chi connectivity index (χ0n) is 12.5. The molecule has 19 heavy (non-hydrogen) atoms. The lowest BCUT2D eigenvalue weighted by atomic mass is 9.49. The lowest BCUT2D eigenvalue weighted by Crippen LogP contribution is -2.57. The van der Waals surface area contributed by atoms with Gasteiger partial charge in [0.1, 0.15) is 0 Å². The number of nitrogens with zero attached hydrogens (tertiary/aromatic N) is 1. The summed E-state index contributed by atoms with van der Waals surface area (Å²) in [6.07, 6.45) is 10.8. The number of hydrogen-bond donors (Lipinski definition) is 1. The summed E-state index contributed by atoms with van der Waals surface area (Å²) in [4.78, 5) is 2.85. The van der Waals surface area contributed by atoms with Crippen molar-refractivity contribution in [2.45, 2.75) is 57.9 Å². The van der Waals surface area contributed by atoms with Gasteiger partial charge in [-0.2, -0.15) is 0 Å². The zero-order valence-corrected chi connectivity index (χ0v) is 12.5. The molecule has 5 rings (SSSR count). The molecule has 1 aliphatic heterocycles. The van der Waals surface area contributed by atoms with E-state index in [1.807, 2.05) is 0 Å². The summed E-state index contributed by atoms with van der Waals surface area (Å²) >= 11 is 0. The molecule has 4 saturated carbocycles. The second kappa shape index (κ2) is 4.73. The third-order valence-electron chi connectivity index (χ3n) is 6.65. The Morgan fingerprint density at radius 3 is 2.26 bits per heavy atom. The molecule has 4 bridgehead atoms. The number of rotatable bonds is 3. The molecule has 0 radical (unpaired) electrons. The van der Waals surface area contributed by atoms with Crippen molar-refractivity contribution in [3.8, 4) is 0 Å². The molecule has 0 amide bonds. The normalized spacial score (nSPS) is 49.7. The Morgan fingerprint density at radius 2 is 1.68 bits per heavy atom. The maximum Gasteiger partial charge on any atom is 0.0218 e. The first-order valence-corrected chi connectivity index (χ1v) is 8.71. The van der Waals surface area contributed by atoms with Crippen molar-refractivity contribution in [2.24, 2.45) is 23.2 Å². The van der Waals surface area contributed by atoms with Crippen LogP contribution in [0.4, 0.5) is 0 Å². The molecular weight excluding hydrogens is 232 g/mol. The van der Waals surface area contributed by atoms with Gasteiger partial charge in [-0.15, -0.1) is 0 Å². The second-order valence-corrected chi connectivity index (χ2v) is 8.15. The number of hydrogen-bond acceptors (Lipinski definition) is 2. The first-order valence-electron chi connectivity index (χ1n) is 8.71. The fraction of sp³-hybridized carbons (Fsp3) is 1.00. The minimum absolute atomic E-state index is 0.736. The molecule has 0 spiro atoms. The maximum atomic E-state index is 3.58. The predicted octanol–water partition coefficient (Wildman–Crippen LogP) is 2.89. The first-order chi connectivity index (χ1) is 9.26. The fourth-order valence-electron chi connectivity index (χ4n) is 6.33. The molecule has 2 nitrogen and oxygen atoms in total. The molecule has 0 aromatic carbocycles. The van der Waals surface area contributed by atoms with E-state index < -0.39 is 0 Å². The van der Waals surface area contributed by atoms with Crippen molar-refractivity contribution in [2.75, 3.05) is 26.2 Å². The van der Waals surface area contributed by atoms with E-state index in [0.717, 1.165) is 29.2 Å². The van der Waals surface area contributed by atoms with Crippen LogP contribution in [0.15, 0.2) is 0 Å². The molecule has 1 unspecified atom stereocenters. The van der Waals surface area contributed by atoms with Gasteiger partial charge >= 0.3 is 0 Å².